The first-order valence-corrected chi connectivity index (χ1v) is 11.2. The van der Waals surface area contributed by atoms with Gasteiger partial charge in [-0.15, -0.1) is 0 Å². The molecule has 1 amide bonds. The summed E-state index contributed by atoms with van der Waals surface area (Å²) in [7, 11) is 0. The molecule has 8 heteroatoms. The Morgan fingerprint density at radius 1 is 1.18 bits per heavy atom. The Labute approximate surface area is 203 Å². The van der Waals surface area contributed by atoms with Gasteiger partial charge in [-0.2, -0.15) is 0 Å². The largest absolute Gasteiger partial charge is 0.486 e. The standard InChI is InChI=1S/C25H26Cl2N4O2/c1-6-28-24(16(4)26)19-10-14(2)31-25-18(19)8-7-9-23(25)33-13-20-21(27)11-15(3)30-22(20)12-29-17(5)32/h6-11H,12-13H2,1-5H3,(H,29,32)/b24-16+,28-6-. The molecule has 2 heterocycles. The number of carbonyl (C=O) groups excluding carboxylic acids is 1. The molecule has 172 valence electrons. The van der Waals surface area contributed by atoms with Crippen LogP contribution in [-0.2, 0) is 17.9 Å². The van der Waals surface area contributed by atoms with Gasteiger partial charge in [0.05, 0.1) is 23.0 Å². The molecule has 3 rings (SSSR count). The van der Waals surface area contributed by atoms with Crippen molar-refractivity contribution in [2.24, 2.45) is 4.99 Å². The molecule has 0 spiro atoms. The zero-order valence-corrected chi connectivity index (χ0v) is 20.8. The SMILES string of the molecule is C/C=N\C(=C(/C)Cl)c1cc(C)nc2c(OCc3c(Cl)cc(C)nc3CNC(C)=O)cccc12. The predicted molar refractivity (Wildman–Crippen MR) is 135 cm³/mol. The summed E-state index contributed by atoms with van der Waals surface area (Å²) in [5.41, 5.74) is 5.24. The fraction of sp³-hybridized carbons (Fsp3) is 0.280. The summed E-state index contributed by atoms with van der Waals surface area (Å²) in [5, 5.41) is 4.78. The summed E-state index contributed by atoms with van der Waals surface area (Å²) in [6, 6.07) is 9.48. The van der Waals surface area contributed by atoms with Crippen molar-refractivity contribution in [1.29, 1.82) is 0 Å². The van der Waals surface area contributed by atoms with Crippen LogP contribution in [0.5, 0.6) is 5.75 Å². The lowest BCUT2D eigenvalue weighted by molar-refractivity contribution is -0.119. The van der Waals surface area contributed by atoms with Gasteiger partial charge in [-0.25, -0.2) is 4.98 Å². The van der Waals surface area contributed by atoms with Crippen molar-refractivity contribution in [2.45, 2.75) is 47.8 Å². The summed E-state index contributed by atoms with van der Waals surface area (Å²) in [6.07, 6.45) is 1.71. The van der Waals surface area contributed by atoms with Gasteiger partial charge in [0.25, 0.3) is 0 Å². The topological polar surface area (TPSA) is 76.5 Å². The van der Waals surface area contributed by atoms with Gasteiger partial charge in [0.15, 0.2) is 0 Å². The average Bonchev–Trinajstić information content (AvgIpc) is 2.74. The minimum Gasteiger partial charge on any atom is -0.486 e. The van der Waals surface area contributed by atoms with Crippen LogP contribution in [0.15, 0.2) is 40.4 Å². The monoisotopic (exact) mass is 484 g/mol. The molecule has 0 aliphatic carbocycles. The van der Waals surface area contributed by atoms with Gasteiger partial charge >= 0.3 is 0 Å². The van der Waals surface area contributed by atoms with Gasteiger partial charge in [0.1, 0.15) is 17.9 Å². The van der Waals surface area contributed by atoms with E-state index in [4.69, 9.17) is 32.9 Å². The third-order valence-corrected chi connectivity index (χ3v) is 5.45. The lowest BCUT2D eigenvalue weighted by Gasteiger charge is -2.16. The molecular weight excluding hydrogens is 459 g/mol. The first-order valence-electron chi connectivity index (χ1n) is 10.5. The minimum absolute atomic E-state index is 0.143. The number of nitrogens with one attached hydrogen (secondary N) is 1. The van der Waals surface area contributed by atoms with E-state index in [2.05, 4.69) is 15.3 Å². The quantitative estimate of drug-likeness (QED) is 0.409. The third kappa shape index (κ3) is 5.89. The second-order valence-corrected chi connectivity index (χ2v) is 8.58. The second-order valence-electron chi connectivity index (χ2n) is 7.60. The number of ether oxygens (including phenoxy) is 1. The highest BCUT2D eigenvalue weighted by atomic mass is 35.5. The molecule has 0 aliphatic rings. The van der Waals surface area contributed by atoms with Crippen LogP contribution in [0.25, 0.3) is 16.6 Å². The van der Waals surface area contributed by atoms with Crippen molar-refractivity contribution in [1.82, 2.24) is 15.3 Å². The Morgan fingerprint density at radius 2 is 1.91 bits per heavy atom. The summed E-state index contributed by atoms with van der Waals surface area (Å²) < 4.78 is 6.20. The second kappa shape index (κ2) is 10.8. The van der Waals surface area contributed by atoms with Crippen LogP contribution in [0.3, 0.4) is 0 Å². The fourth-order valence-corrected chi connectivity index (χ4v) is 3.99. The molecular formula is C25H26Cl2N4O2. The predicted octanol–water partition coefficient (Wildman–Crippen LogP) is 6.13. The first-order chi connectivity index (χ1) is 15.7. The van der Waals surface area contributed by atoms with Gasteiger partial charge in [0, 0.05) is 46.1 Å². The number of amides is 1. The number of halogens is 2. The maximum absolute atomic E-state index is 11.4. The number of rotatable bonds is 7. The molecule has 33 heavy (non-hydrogen) atoms. The van der Waals surface area contributed by atoms with E-state index >= 15 is 0 Å². The average molecular weight is 485 g/mol. The number of carbonyl (C=O) groups is 1. The van der Waals surface area contributed by atoms with Crippen LogP contribution >= 0.6 is 23.2 Å². The number of pyridine rings is 2. The maximum atomic E-state index is 11.4. The van der Waals surface area contributed by atoms with Crippen LogP contribution in [0.1, 0.15) is 49.0 Å². The van der Waals surface area contributed by atoms with Crippen LogP contribution < -0.4 is 10.1 Å². The van der Waals surface area contributed by atoms with Crippen molar-refractivity contribution in [3.05, 3.63) is 68.6 Å². The molecule has 6 nitrogen and oxygen atoms in total. The minimum atomic E-state index is -0.143. The van der Waals surface area contributed by atoms with Crippen molar-refractivity contribution in [2.75, 3.05) is 0 Å². The molecule has 1 aromatic carbocycles. The highest BCUT2D eigenvalue weighted by Crippen LogP contribution is 2.34. The number of aryl methyl sites for hydroxylation is 2. The van der Waals surface area contributed by atoms with E-state index < -0.39 is 0 Å². The lowest BCUT2D eigenvalue weighted by Crippen LogP contribution is -2.21. The van der Waals surface area contributed by atoms with Crippen LogP contribution in [0.2, 0.25) is 5.02 Å². The summed E-state index contributed by atoms with van der Waals surface area (Å²) in [4.78, 5) is 25.1. The molecule has 0 radical (unpaired) electrons. The number of allylic oxidation sites excluding steroid dienone is 1. The lowest BCUT2D eigenvalue weighted by atomic mass is 10.0. The van der Waals surface area contributed by atoms with Gasteiger partial charge in [-0.1, -0.05) is 35.3 Å². The molecule has 3 aromatic rings. The number of hydrogen-bond donors (Lipinski definition) is 1. The van der Waals surface area contributed by atoms with E-state index in [-0.39, 0.29) is 19.1 Å². The summed E-state index contributed by atoms with van der Waals surface area (Å²) in [6.45, 7) is 9.35. The Kier molecular flexibility index (Phi) is 8.06. The highest BCUT2D eigenvalue weighted by Gasteiger charge is 2.16. The Hall–Kier alpha value is -2.96. The van der Waals surface area contributed by atoms with Crippen LogP contribution in [-0.4, -0.2) is 22.1 Å². The van der Waals surface area contributed by atoms with Crippen LogP contribution in [0, 0.1) is 13.8 Å². The van der Waals surface area contributed by atoms with Crippen molar-refractivity contribution >= 4 is 51.9 Å². The molecule has 0 atom stereocenters. The Balaban J connectivity index is 2.04. The zero-order chi connectivity index (χ0) is 24.1. The Bertz CT molecular complexity index is 1260. The molecule has 0 saturated heterocycles. The smallest absolute Gasteiger partial charge is 0.217 e. The third-order valence-electron chi connectivity index (χ3n) is 4.93. The molecule has 1 N–H and O–H groups in total. The summed E-state index contributed by atoms with van der Waals surface area (Å²) >= 11 is 12.9. The van der Waals surface area contributed by atoms with E-state index in [1.54, 1.807) is 12.3 Å². The molecule has 0 saturated carbocycles. The number of para-hydroxylation sites is 1. The molecule has 0 unspecified atom stereocenters. The number of aliphatic imine (C=N–C) groups is 1. The number of fused-ring (bicyclic) bond motifs is 1. The van der Waals surface area contributed by atoms with E-state index in [9.17, 15) is 4.79 Å². The number of nitrogens with zero attached hydrogens (tertiary/aromatic N) is 3. The number of hydrogen-bond acceptors (Lipinski definition) is 5. The normalized spacial score (nSPS) is 12.2. The number of aromatic nitrogens is 2. The highest BCUT2D eigenvalue weighted by molar-refractivity contribution is 6.32. The number of benzene rings is 1. The molecule has 2 aromatic heterocycles. The van der Waals surface area contributed by atoms with E-state index in [0.717, 1.165) is 22.3 Å². The van der Waals surface area contributed by atoms with Gasteiger partial charge in [-0.05, 0) is 45.9 Å². The van der Waals surface area contributed by atoms with Crippen LogP contribution in [0.4, 0.5) is 0 Å². The fourth-order valence-electron chi connectivity index (χ4n) is 3.51. The first kappa shape index (κ1) is 24.7. The van der Waals surface area contributed by atoms with Crippen molar-refractivity contribution in [3.63, 3.8) is 0 Å². The van der Waals surface area contributed by atoms with Gasteiger partial charge in [-0.3, -0.25) is 14.8 Å². The molecule has 0 fully saturated rings. The van der Waals surface area contributed by atoms with Crippen molar-refractivity contribution < 1.29 is 9.53 Å². The zero-order valence-electron chi connectivity index (χ0n) is 19.3. The molecule has 0 bridgehead atoms. The van der Waals surface area contributed by atoms with Gasteiger partial charge < -0.3 is 10.1 Å². The summed E-state index contributed by atoms with van der Waals surface area (Å²) in [5.74, 6) is 0.461. The van der Waals surface area contributed by atoms with Crippen molar-refractivity contribution in [3.8, 4) is 5.75 Å². The van der Waals surface area contributed by atoms with E-state index in [1.807, 2.05) is 52.0 Å². The van der Waals surface area contributed by atoms with Gasteiger partial charge in [0.2, 0.25) is 5.91 Å². The molecule has 0 aliphatic heterocycles. The van der Waals surface area contributed by atoms with E-state index in [0.29, 0.717) is 38.3 Å². The van der Waals surface area contributed by atoms with E-state index in [1.165, 1.54) is 6.92 Å². The maximum Gasteiger partial charge on any atom is 0.217 e. The Morgan fingerprint density at radius 3 is 2.58 bits per heavy atom.